The summed E-state index contributed by atoms with van der Waals surface area (Å²) >= 11 is 0. The number of nitrogens with two attached hydrogens (primary N) is 1. The molecule has 9 heteroatoms. The van der Waals surface area contributed by atoms with E-state index in [1.807, 2.05) is 38.1 Å². The summed E-state index contributed by atoms with van der Waals surface area (Å²) in [5.41, 5.74) is 8.20. The molecule has 0 aliphatic rings. The highest BCUT2D eigenvalue weighted by molar-refractivity contribution is 6.06. The van der Waals surface area contributed by atoms with E-state index >= 15 is 0 Å². The van der Waals surface area contributed by atoms with E-state index in [4.69, 9.17) is 10.5 Å². The van der Waals surface area contributed by atoms with E-state index in [9.17, 15) is 9.59 Å². The Morgan fingerprint density at radius 3 is 2.47 bits per heavy atom. The van der Waals surface area contributed by atoms with Gasteiger partial charge in [0.15, 0.2) is 11.5 Å². The zero-order valence-electron chi connectivity index (χ0n) is 16.9. The molecule has 0 aliphatic heterocycles. The van der Waals surface area contributed by atoms with Crippen LogP contribution in [0.3, 0.4) is 0 Å². The Bertz CT molecular complexity index is 1050. The van der Waals surface area contributed by atoms with E-state index in [-0.39, 0.29) is 24.0 Å². The molecule has 4 N–H and O–H groups in total. The van der Waals surface area contributed by atoms with Crippen LogP contribution in [-0.4, -0.2) is 33.4 Å². The normalized spacial score (nSPS) is 10.5. The number of carbonyl (C=O) groups excluding carboxylic acids is 2. The zero-order valence-corrected chi connectivity index (χ0v) is 16.9. The lowest BCUT2D eigenvalue weighted by atomic mass is 10.1. The molecule has 3 aromatic rings. The highest BCUT2D eigenvalue weighted by atomic mass is 16.5. The highest BCUT2D eigenvalue weighted by Gasteiger charge is 2.20. The number of rotatable bonds is 8. The van der Waals surface area contributed by atoms with Crippen molar-refractivity contribution in [3.05, 3.63) is 59.8 Å². The minimum absolute atomic E-state index is 0.00900. The van der Waals surface area contributed by atoms with Gasteiger partial charge in [0.2, 0.25) is 5.91 Å². The maximum Gasteiger partial charge on any atom is 0.280 e. The number of ether oxygens (including phenoxy) is 1. The molecule has 9 nitrogen and oxygen atoms in total. The third kappa shape index (κ3) is 4.75. The summed E-state index contributed by atoms with van der Waals surface area (Å²) in [6.45, 7) is 4.14. The summed E-state index contributed by atoms with van der Waals surface area (Å²) in [6, 6.07) is 14.6. The van der Waals surface area contributed by atoms with Gasteiger partial charge in [-0.05, 0) is 37.1 Å². The predicted octanol–water partition coefficient (Wildman–Crippen LogP) is 2.71. The molecular formula is C21H24N6O3. The first-order valence-electron chi connectivity index (χ1n) is 9.63. The standard InChI is InChI=1S/C21H24N6O3/c1-3-14-9-5-6-10-15(14)24-21(29)19-20(22)27(26-25-19)13-18(28)23-16-11-7-8-12-17(16)30-4-2/h5-12H,3-4,13,22H2,1-2H3,(H,23,28)(H,24,29). The zero-order chi connectivity index (χ0) is 21.5. The maximum absolute atomic E-state index is 12.6. The molecule has 0 spiro atoms. The van der Waals surface area contributed by atoms with Crippen LogP contribution < -0.4 is 21.1 Å². The van der Waals surface area contributed by atoms with Crippen LogP contribution in [0.2, 0.25) is 0 Å². The number of nitrogen functional groups attached to an aromatic ring is 1. The van der Waals surface area contributed by atoms with Crippen LogP contribution in [0.15, 0.2) is 48.5 Å². The van der Waals surface area contributed by atoms with Crippen molar-refractivity contribution in [2.24, 2.45) is 0 Å². The van der Waals surface area contributed by atoms with Gasteiger partial charge in [-0.3, -0.25) is 9.59 Å². The number of aromatic nitrogens is 3. The Balaban J connectivity index is 1.69. The summed E-state index contributed by atoms with van der Waals surface area (Å²) < 4.78 is 6.68. The van der Waals surface area contributed by atoms with Crippen molar-refractivity contribution in [1.82, 2.24) is 15.0 Å². The molecule has 0 unspecified atom stereocenters. The Labute approximate surface area is 174 Å². The van der Waals surface area contributed by atoms with Crippen molar-refractivity contribution in [2.45, 2.75) is 26.8 Å². The summed E-state index contributed by atoms with van der Waals surface area (Å²) in [5, 5.41) is 13.2. The number of hydrogen-bond acceptors (Lipinski definition) is 6. The SMILES string of the molecule is CCOc1ccccc1NC(=O)Cn1nnc(C(=O)Nc2ccccc2CC)c1N. The van der Waals surface area contributed by atoms with Gasteiger partial charge in [-0.15, -0.1) is 5.10 Å². The number of nitrogens with zero attached hydrogens (tertiary/aromatic N) is 3. The number of amides is 2. The Hall–Kier alpha value is -3.88. The molecule has 2 amide bonds. The minimum Gasteiger partial charge on any atom is -0.492 e. The first-order valence-corrected chi connectivity index (χ1v) is 9.63. The van der Waals surface area contributed by atoms with E-state index in [2.05, 4.69) is 20.9 Å². The number of anilines is 3. The summed E-state index contributed by atoms with van der Waals surface area (Å²) in [4.78, 5) is 25.0. The fraction of sp³-hybridized carbons (Fsp3) is 0.238. The second kappa shape index (κ2) is 9.55. The van der Waals surface area contributed by atoms with Crippen molar-refractivity contribution < 1.29 is 14.3 Å². The second-order valence-electron chi connectivity index (χ2n) is 6.42. The monoisotopic (exact) mass is 408 g/mol. The molecule has 0 atom stereocenters. The molecule has 0 fully saturated rings. The van der Waals surface area contributed by atoms with Crippen LogP contribution in [0.4, 0.5) is 17.2 Å². The molecule has 2 aromatic carbocycles. The number of hydrogen-bond donors (Lipinski definition) is 3. The van der Waals surface area contributed by atoms with Gasteiger partial charge in [0.1, 0.15) is 12.3 Å². The van der Waals surface area contributed by atoms with Crippen molar-refractivity contribution in [1.29, 1.82) is 0 Å². The Morgan fingerprint density at radius 2 is 1.73 bits per heavy atom. The predicted molar refractivity (Wildman–Crippen MR) is 114 cm³/mol. The van der Waals surface area contributed by atoms with Crippen molar-refractivity contribution >= 4 is 29.0 Å². The van der Waals surface area contributed by atoms with Crippen LogP contribution in [0.1, 0.15) is 29.9 Å². The Kier molecular flexibility index (Phi) is 6.63. The van der Waals surface area contributed by atoms with Gasteiger partial charge in [-0.25, -0.2) is 4.68 Å². The number of carbonyl (C=O) groups is 2. The number of aryl methyl sites for hydroxylation is 1. The van der Waals surface area contributed by atoms with Gasteiger partial charge in [0, 0.05) is 5.69 Å². The molecule has 156 valence electrons. The average molecular weight is 408 g/mol. The van der Waals surface area contributed by atoms with Crippen LogP contribution in [-0.2, 0) is 17.8 Å². The second-order valence-corrected chi connectivity index (χ2v) is 6.42. The lowest BCUT2D eigenvalue weighted by molar-refractivity contribution is -0.116. The van der Waals surface area contributed by atoms with Crippen LogP contribution in [0, 0.1) is 0 Å². The van der Waals surface area contributed by atoms with Crippen LogP contribution in [0.25, 0.3) is 0 Å². The van der Waals surface area contributed by atoms with Crippen LogP contribution in [0.5, 0.6) is 5.75 Å². The fourth-order valence-electron chi connectivity index (χ4n) is 2.91. The smallest absolute Gasteiger partial charge is 0.280 e. The number of nitrogens with one attached hydrogen (secondary N) is 2. The molecule has 30 heavy (non-hydrogen) atoms. The third-order valence-electron chi connectivity index (χ3n) is 4.39. The molecule has 0 radical (unpaired) electrons. The van der Waals surface area contributed by atoms with Crippen molar-refractivity contribution in [3.63, 3.8) is 0 Å². The molecule has 0 bridgehead atoms. The first kappa shape index (κ1) is 20.8. The molecular weight excluding hydrogens is 384 g/mol. The summed E-state index contributed by atoms with van der Waals surface area (Å²) in [5.74, 6) is -0.284. The van der Waals surface area contributed by atoms with E-state index in [1.54, 1.807) is 24.3 Å². The minimum atomic E-state index is -0.484. The lowest BCUT2D eigenvalue weighted by Gasteiger charge is -2.11. The summed E-state index contributed by atoms with van der Waals surface area (Å²) in [6.07, 6.45) is 0.766. The third-order valence-corrected chi connectivity index (χ3v) is 4.39. The maximum atomic E-state index is 12.6. The van der Waals surface area contributed by atoms with Crippen LogP contribution >= 0.6 is 0 Å². The first-order chi connectivity index (χ1) is 14.5. The molecule has 1 heterocycles. The van der Waals surface area contributed by atoms with Gasteiger partial charge in [-0.2, -0.15) is 0 Å². The van der Waals surface area contributed by atoms with Gasteiger partial charge < -0.3 is 21.1 Å². The number of para-hydroxylation sites is 3. The number of benzene rings is 2. The van der Waals surface area contributed by atoms with E-state index in [0.717, 1.165) is 12.0 Å². The Morgan fingerprint density at radius 1 is 1.03 bits per heavy atom. The molecule has 1 aromatic heterocycles. The van der Waals surface area contributed by atoms with E-state index in [0.29, 0.717) is 23.7 Å². The molecule has 3 rings (SSSR count). The van der Waals surface area contributed by atoms with E-state index < -0.39 is 5.91 Å². The molecule has 0 saturated heterocycles. The molecule has 0 saturated carbocycles. The van der Waals surface area contributed by atoms with Crippen molar-refractivity contribution in [2.75, 3.05) is 23.0 Å². The highest BCUT2D eigenvalue weighted by Crippen LogP contribution is 2.24. The van der Waals surface area contributed by atoms with Crippen molar-refractivity contribution in [3.8, 4) is 5.75 Å². The topological polar surface area (TPSA) is 124 Å². The summed E-state index contributed by atoms with van der Waals surface area (Å²) in [7, 11) is 0. The fourth-order valence-corrected chi connectivity index (χ4v) is 2.91. The van der Waals surface area contributed by atoms with Gasteiger partial charge in [0.25, 0.3) is 5.91 Å². The quantitative estimate of drug-likeness (QED) is 0.526. The largest absolute Gasteiger partial charge is 0.492 e. The van der Waals surface area contributed by atoms with Gasteiger partial charge >= 0.3 is 0 Å². The van der Waals surface area contributed by atoms with Gasteiger partial charge in [-0.1, -0.05) is 42.5 Å². The lowest BCUT2D eigenvalue weighted by Crippen LogP contribution is -2.22. The molecule has 0 aliphatic carbocycles. The van der Waals surface area contributed by atoms with Gasteiger partial charge in [0.05, 0.1) is 12.3 Å². The van der Waals surface area contributed by atoms with E-state index in [1.165, 1.54) is 4.68 Å². The average Bonchev–Trinajstić information content (AvgIpc) is 3.10.